The first-order valence-corrected chi connectivity index (χ1v) is 10.4. The van der Waals surface area contributed by atoms with Crippen LogP contribution in [-0.4, -0.2) is 79.0 Å². The van der Waals surface area contributed by atoms with Gasteiger partial charge in [-0.2, -0.15) is 0 Å². The van der Waals surface area contributed by atoms with Gasteiger partial charge in [0, 0.05) is 51.6 Å². The number of carbonyl (C=O) groups excluding carboxylic acids is 3. The van der Waals surface area contributed by atoms with Crippen LogP contribution in [0, 0.1) is 11.8 Å². The smallest absolute Gasteiger partial charge is 0.409 e. The maximum Gasteiger partial charge on any atom is 0.409 e. The van der Waals surface area contributed by atoms with Crippen molar-refractivity contribution < 1.29 is 19.1 Å². The third-order valence-electron chi connectivity index (χ3n) is 5.77. The topological polar surface area (TPSA) is 70.2 Å². The molecule has 2 rings (SSSR count). The minimum atomic E-state index is -0.296. The van der Waals surface area contributed by atoms with Gasteiger partial charge in [-0.25, -0.2) is 4.79 Å². The maximum absolute atomic E-state index is 12.8. The molecule has 1 saturated carbocycles. The lowest BCUT2D eigenvalue weighted by molar-refractivity contribution is -0.141. The highest BCUT2D eigenvalue weighted by atomic mass is 16.6. The molecular weight excluding hydrogens is 346 g/mol. The van der Waals surface area contributed by atoms with Crippen molar-refractivity contribution in [1.29, 1.82) is 0 Å². The highest BCUT2D eigenvalue weighted by Gasteiger charge is 2.34. The SMILES string of the molecule is CCCCN(C)C(=O)C1CCC(C(=O)N2CCN(C(=O)OCC)CC2)CC1. The molecule has 7 heteroatoms. The van der Waals surface area contributed by atoms with E-state index in [1.807, 2.05) is 16.8 Å². The molecule has 0 atom stereocenters. The summed E-state index contributed by atoms with van der Waals surface area (Å²) in [6.45, 7) is 7.29. The first kappa shape index (κ1) is 21.5. The number of unbranched alkanes of at least 4 members (excludes halogenated alkanes) is 1. The Morgan fingerprint density at radius 1 is 0.926 bits per heavy atom. The normalized spacial score (nSPS) is 23.1. The van der Waals surface area contributed by atoms with Gasteiger partial charge in [0.15, 0.2) is 0 Å². The van der Waals surface area contributed by atoms with Crippen molar-refractivity contribution in [1.82, 2.24) is 14.7 Å². The standard InChI is InChI=1S/C20H35N3O4/c1-4-6-11-21(3)18(24)16-7-9-17(10-8-16)19(25)22-12-14-23(15-13-22)20(26)27-5-2/h16-17H,4-15H2,1-3H3. The summed E-state index contributed by atoms with van der Waals surface area (Å²) >= 11 is 0. The van der Waals surface area contributed by atoms with Crippen molar-refractivity contribution >= 4 is 17.9 Å². The zero-order chi connectivity index (χ0) is 19.8. The lowest BCUT2D eigenvalue weighted by Gasteiger charge is -2.37. The number of hydrogen-bond donors (Lipinski definition) is 0. The Bertz CT molecular complexity index is 509. The number of nitrogens with zero attached hydrogens (tertiary/aromatic N) is 3. The lowest BCUT2D eigenvalue weighted by atomic mass is 9.80. The van der Waals surface area contributed by atoms with Crippen LogP contribution in [0.1, 0.15) is 52.4 Å². The van der Waals surface area contributed by atoms with Crippen LogP contribution < -0.4 is 0 Å². The molecule has 0 bridgehead atoms. The van der Waals surface area contributed by atoms with E-state index in [2.05, 4.69) is 6.92 Å². The summed E-state index contributed by atoms with van der Waals surface area (Å²) in [4.78, 5) is 42.5. The zero-order valence-electron chi connectivity index (χ0n) is 17.1. The molecule has 0 N–H and O–H groups in total. The second kappa shape index (κ2) is 10.5. The molecule has 2 aliphatic rings. The highest BCUT2D eigenvalue weighted by molar-refractivity contribution is 5.81. The van der Waals surface area contributed by atoms with Crippen LogP contribution in [0.15, 0.2) is 0 Å². The zero-order valence-corrected chi connectivity index (χ0v) is 17.1. The number of rotatable bonds is 6. The Morgan fingerprint density at radius 2 is 1.48 bits per heavy atom. The van der Waals surface area contributed by atoms with E-state index >= 15 is 0 Å². The number of hydrogen-bond acceptors (Lipinski definition) is 4. The van der Waals surface area contributed by atoms with Crippen LogP contribution in [0.3, 0.4) is 0 Å². The molecule has 1 saturated heterocycles. The fourth-order valence-electron chi connectivity index (χ4n) is 3.99. The summed E-state index contributed by atoms with van der Waals surface area (Å²) in [5, 5.41) is 0. The van der Waals surface area contributed by atoms with Gasteiger partial charge in [0.25, 0.3) is 0 Å². The number of piperazine rings is 1. The Balaban J connectivity index is 1.75. The fraction of sp³-hybridized carbons (Fsp3) is 0.850. The first-order chi connectivity index (χ1) is 13.0. The predicted molar refractivity (Wildman–Crippen MR) is 103 cm³/mol. The molecule has 0 aromatic heterocycles. The molecule has 0 spiro atoms. The Kier molecular flexibility index (Phi) is 8.38. The average molecular weight is 382 g/mol. The largest absolute Gasteiger partial charge is 0.450 e. The third-order valence-corrected chi connectivity index (χ3v) is 5.77. The number of ether oxygens (including phenoxy) is 1. The summed E-state index contributed by atoms with van der Waals surface area (Å²) in [6.07, 6.45) is 5.00. The Labute approximate surface area is 163 Å². The molecule has 1 aliphatic carbocycles. The van der Waals surface area contributed by atoms with E-state index in [0.717, 1.165) is 45.1 Å². The molecule has 1 heterocycles. The molecule has 154 valence electrons. The van der Waals surface area contributed by atoms with Crippen molar-refractivity contribution in [2.45, 2.75) is 52.4 Å². The first-order valence-electron chi connectivity index (χ1n) is 10.4. The quantitative estimate of drug-likeness (QED) is 0.708. The van der Waals surface area contributed by atoms with Gasteiger partial charge in [-0.3, -0.25) is 9.59 Å². The van der Waals surface area contributed by atoms with Crippen LogP contribution >= 0.6 is 0 Å². The van der Waals surface area contributed by atoms with E-state index in [0.29, 0.717) is 32.8 Å². The summed E-state index contributed by atoms with van der Waals surface area (Å²) in [5.74, 6) is 0.502. The minimum Gasteiger partial charge on any atom is -0.450 e. The molecule has 0 radical (unpaired) electrons. The van der Waals surface area contributed by atoms with Crippen LogP contribution in [-0.2, 0) is 14.3 Å². The molecule has 3 amide bonds. The van der Waals surface area contributed by atoms with Crippen LogP contribution in [0.2, 0.25) is 0 Å². The van der Waals surface area contributed by atoms with Gasteiger partial charge in [0.05, 0.1) is 6.61 Å². The Morgan fingerprint density at radius 3 is 2.04 bits per heavy atom. The van der Waals surface area contributed by atoms with Crippen LogP contribution in [0.25, 0.3) is 0 Å². The van der Waals surface area contributed by atoms with E-state index in [1.165, 1.54) is 0 Å². The average Bonchev–Trinajstić information content (AvgIpc) is 2.71. The van der Waals surface area contributed by atoms with Gasteiger partial charge in [-0.05, 0) is 39.0 Å². The van der Waals surface area contributed by atoms with Crippen molar-refractivity contribution in [3.8, 4) is 0 Å². The van der Waals surface area contributed by atoms with Crippen LogP contribution in [0.5, 0.6) is 0 Å². The van der Waals surface area contributed by atoms with Crippen molar-refractivity contribution in [3.05, 3.63) is 0 Å². The minimum absolute atomic E-state index is 0.0177. The van der Waals surface area contributed by atoms with Gasteiger partial charge < -0.3 is 19.4 Å². The van der Waals surface area contributed by atoms with Gasteiger partial charge in [-0.15, -0.1) is 0 Å². The molecule has 0 aromatic carbocycles. The van der Waals surface area contributed by atoms with Gasteiger partial charge in [-0.1, -0.05) is 13.3 Å². The predicted octanol–water partition coefficient (Wildman–Crippen LogP) is 2.35. The number of amides is 3. The summed E-state index contributed by atoms with van der Waals surface area (Å²) in [7, 11) is 1.89. The monoisotopic (exact) mass is 381 g/mol. The number of carbonyl (C=O) groups is 3. The lowest BCUT2D eigenvalue weighted by Crippen LogP contribution is -2.52. The molecule has 27 heavy (non-hydrogen) atoms. The molecule has 7 nitrogen and oxygen atoms in total. The van der Waals surface area contributed by atoms with Gasteiger partial charge >= 0.3 is 6.09 Å². The molecule has 0 unspecified atom stereocenters. The summed E-state index contributed by atoms with van der Waals surface area (Å²) < 4.78 is 5.02. The van der Waals surface area contributed by atoms with E-state index in [-0.39, 0.29) is 29.7 Å². The van der Waals surface area contributed by atoms with Gasteiger partial charge in [0.2, 0.25) is 11.8 Å². The van der Waals surface area contributed by atoms with E-state index in [1.54, 1.807) is 11.8 Å². The second-order valence-electron chi connectivity index (χ2n) is 7.67. The maximum atomic E-state index is 12.8. The fourth-order valence-corrected chi connectivity index (χ4v) is 3.99. The van der Waals surface area contributed by atoms with E-state index in [4.69, 9.17) is 4.74 Å². The van der Waals surface area contributed by atoms with Gasteiger partial charge in [0.1, 0.15) is 0 Å². The van der Waals surface area contributed by atoms with Crippen molar-refractivity contribution in [2.75, 3.05) is 46.4 Å². The third kappa shape index (κ3) is 5.84. The van der Waals surface area contributed by atoms with E-state index in [9.17, 15) is 14.4 Å². The molecule has 2 fully saturated rings. The summed E-state index contributed by atoms with van der Waals surface area (Å²) in [5.41, 5.74) is 0. The molecule has 1 aliphatic heterocycles. The van der Waals surface area contributed by atoms with Crippen molar-refractivity contribution in [2.24, 2.45) is 11.8 Å². The molecular formula is C20H35N3O4. The highest BCUT2D eigenvalue weighted by Crippen LogP contribution is 2.31. The second-order valence-corrected chi connectivity index (χ2v) is 7.67. The van der Waals surface area contributed by atoms with Crippen LogP contribution in [0.4, 0.5) is 4.79 Å². The van der Waals surface area contributed by atoms with E-state index < -0.39 is 0 Å². The Hall–Kier alpha value is -1.79. The molecule has 0 aromatic rings. The summed E-state index contributed by atoms with van der Waals surface area (Å²) in [6, 6.07) is 0. The van der Waals surface area contributed by atoms with Crippen molar-refractivity contribution in [3.63, 3.8) is 0 Å².